The summed E-state index contributed by atoms with van der Waals surface area (Å²) in [6.07, 6.45) is 7.01. The molecule has 4 nitrogen and oxygen atoms in total. The molecule has 5 heteroatoms. The summed E-state index contributed by atoms with van der Waals surface area (Å²) in [4.78, 5) is 4.02. The van der Waals surface area contributed by atoms with Crippen molar-refractivity contribution in [3.05, 3.63) is 35.9 Å². The first-order chi connectivity index (χ1) is 10.1. The number of nitrogens with zero attached hydrogens (tertiary/aromatic N) is 3. The van der Waals surface area contributed by atoms with Crippen molar-refractivity contribution in [1.29, 1.82) is 0 Å². The highest BCUT2D eigenvalue weighted by molar-refractivity contribution is 6.33. The van der Waals surface area contributed by atoms with Crippen molar-refractivity contribution in [2.75, 3.05) is 5.32 Å². The van der Waals surface area contributed by atoms with E-state index in [-0.39, 0.29) is 0 Å². The Morgan fingerprint density at radius 2 is 2.14 bits per heavy atom. The Labute approximate surface area is 130 Å². The molecule has 21 heavy (non-hydrogen) atoms. The molecule has 2 aromatic rings. The van der Waals surface area contributed by atoms with Crippen LogP contribution in [-0.2, 0) is 0 Å². The van der Waals surface area contributed by atoms with Gasteiger partial charge in [0.25, 0.3) is 0 Å². The summed E-state index contributed by atoms with van der Waals surface area (Å²) in [6.45, 7) is 4.65. The fourth-order valence-corrected chi connectivity index (χ4v) is 3.38. The summed E-state index contributed by atoms with van der Waals surface area (Å²) in [5, 5.41) is 8.58. The van der Waals surface area contributed by atoms with Gasteiger partial charge in [-0.1, -0.05) is 37.9 Å². The molecular formula is C16H21ClN4. The summed E-state index contributed by atoms with van der Waals surface area (Å²) >= 11 is 6.37. The number of aromatic nitrogens is 3. The van der Waals surface area contributed by atoms with E-state index in [1.807, 2.05) is 12.1 Å². The minimum Gasteiger partial charge on any atom is -0.380 e. The van der Waals surface area contributed by atoms with E-state index >= 15 is 0 Å². The SMILES string of the molecule is CC1CCC(C)C(Nc2cccc(Cl)c2-n2cncn2)C1. The molecule has 1 aliphatic carbocycles. The molecule has 1 aromatic heterocycles. The van der Waals surface area contributed by atoms with E-state index in [9.17, 15) is 0 Å². The third-order valence-corrected chi connectivity index (χ3v) is 4.74. The number of halogens is 1. The predicted molar refractivity (Wildman–Crippen MR) is 86.0 cm³/mol. The van der Waals surface area contributed by atoms with Gasteiger partial charge in [-0.3, -0.25) is 0 Å². The third-order valence-electron chi connectivity index (χ3n) is 4.43. The van der Waals surface area contributed by atoms with Crippen LogP contribution in [0.15, 0.2) is 30.9 Å². The van der Waals surface area contributed by atoms with Crippen molar-refractivity contribution >= 4 is 17.3 Å². The van der Waals surface area contributed by atoms with Crippen LogP contribution in [0.2, 0.25) is 5.02 Å². The van der Waals surface area contributed by atoms with Crippen molar-refractivity contribution in [3.63, 3.8) is 0 Å². The van der Waals surface area contributed by atoms with Crippen molar-refractivity contribution in [1.82, 2.24) is 14.8 Å². The predicted octanol–water partition coefficient (Wildman–Crippen LogP) is 4.16. The number of anilines is 1. The fourth-order valence-electron chi connectivity index (χ4n) is 3.12. The highest BCUT2D eigenvalue weighted by atomic mass is 35.5. The maximum absolute atomic E-state index is 6.37. The molecule has 0 spiro atoms. The van der Waals surface area contributed by atoms with Gasteiger partial charge in [0.2, 0.25) is 0 Å². The van der Waals surface area contributed by atoms with E-state index in [4.69, 9.17) is 11.6 Å². The van der Waals surface area contributed by atoms with E-state index in [0.29, 0.717) is 17.0 Å². The second-order valence-electron chi connectivity index (χ2n) is 6.12. The van der Waals surface area contributed by atoms with E-state index in [0.717, 1.165) is 17.3 Å². The molecule has 112 valence electrons. The largest absolute Gasteiger partial charge is 0.380 e. The van der Waals surface area contributed by atoms with Crippen LogP contribution in [0.3, 0.4) is 0 Å². The Hall–Kier alpha value is -1.55. The zero-order chi connectivity index (χ0) is 14.8. The summed E-state index contributed by atoms with van der Waals surface area (Å²) < 4.78 is 1.72. The van der Waals surface area contributed by atoms with Crippen LogP contribution in [0.4, 0.5) is 5.69 Å². The average molecular weight is 305 g/mol. The van der Waals surface area contributed by atoms with Crippen molar-refractivity contribution < 1.29 is 0 Å². The first-order valence-electron chi connectivity index (χ1n) is 7.55. The highest BCUT2D eigenvalue weighted by Gasteiger charge is 2.26. The molecule has 1 aliphatic rings. The topological polar surface area (TPSA) is 42.7 Å². The Morgan fingerprint density at radius 3 is 2.90 bits per heavy atom. The van der Waals surface area contributed by atoms with Crippen LogP contribution in [0.25, 0.3) is 5.69 Å². The van der Waals surface area contributed by atoms with Gasteiger partial charge in [0.1, 0.15) is 18.3 Å². The van der Waals surface area contributed by atoms with Crippen LogP contribution in [-0.4, -0.2) is 20.8 Å². The summed E-state index contributed by atoms with van der Waals surface area (Å²) in [5.74, 6) is 1.44. The molecular weight excluding hydrogens is 284 g/mol. The fraction of sp³-hybridized carbons (Fsp3) is 0.500. The Morgan fingerprint density at radius 1 is 1.29 bits per heavy atom. The van der Waals surface area contributed by atoms with Gasteiger partial charge in [-0.05, 0) is 36.8 Å². The van der Waals surface area contributed by atoms with E-state index in [2.05, 4.69) is 35.3 Å². The standard InChI is InChI=1S/C16H21ClN4/c1-11-6-7-12(2)15(8-11)20-14-5-3-4-13(17)16(14)21-10-18-9-19-21/h3-5,9-12,15,20H,6-8H2,1-2H3. The first kappa shape index (κ1) is 14.4. The smallest absolute Gasteiger partial charge is 0.138 e. The Bertz CT molecular complexity index is 596. The number of hydrogen-bond acceptors (Lipinski definition) is 3. The minimum atomic E-state index is 0.481. The van der Waals surface area contributed by atoms with Gasteiger partial charge >= 0.3 is 0 Å². The van der Waals surface area contributed by atoms with E-state index in [1.54, 1.807) is 11.0 Å². The number of benzene rings is 1. The van der Waals surface area contributed by atoms with Gasteiger partial charge in [-0.25, -0.2) is 9.67 Å². The highest BCUT2D eigenvalue weighted by Crippen LogP contribution is 2.34. The average Bonchev–Trinajstić information content (AvgIpc) is 2.97. The number of para-hydroxylation sites is 1. The van der Waals surface area contributed by atoms with Crippen LogP contribution >= 0.6 is 11.6 Å². The lowest BCUT2D eigenvalue weighted by atomic mass is 9.80. The molecule has 1 heterocycles. The molecule has 1 fully saturated rings. The molecule has 3 atom stereocenters. The Kier molecular flexibility index (Phi) is 4.15. The van der Waals surface area contributed by atoms with Crippen LogP contribution < -0.4 is 5.32 Å². The number of rotatable bonds is 3. The third kappa shape index (κ3) is 3.05. The molecule has 3 unspecified atom stereocenters. The molecule has 0 radical (unpaired) electrons. The van der Waals surface area contributed by atoms with E-state index < -0.39 is 0 Å². The van der Waals surface area contributed by atoms with Crippen molar-refractivity contribution in [2.45, 2.75) is 39.2 Å². The molecule has 0 amide bonds. The minimum absolute atomic E-state index is 0.481. The quantitative estimate of drug-likeness (QED) is 0.926. The van der Waals surface area contributed by atoms with Crippen molar-refractivity contribution in [2.24, 2.45) is 11.8 Å². The number of hydrogen-bond donors (Lipinski definition) is 1. The van der Waals surface area contributed by atoms with Gasteiger partial charge in [-0.15, -0.1) is 0 Å². The van der Waals surface area contributed by atoms with Crippen LogP contribution in [0.5, 0.6) is 0 Å². The maximum atomic E-state index is 6.37. The van der Waals surface area contributed by atoms with E-state index in [1.165, 1.54) is 25.6 Å². The van der Waals surface area contributed by atoms with Gasteiger partial charge in [0.15, 0.2) is 0 Å². The number of nitrogens with one attached hydrogen (secondary N) is 1. The molecule has 1 aromatic carbocycles. The molecule has 1 saturated carbocycles. The second kappa shape index (κ2) is 6.06. The molecule has 0 saturated heterocycles. The maximum Gasteiger partial charge on any atom is 0.138 e. The van der Waals surface area contributed by atoms with Gasteiger partial charge < -0.3 is 5.32 Å². The summed E-state index contributed by atoms with van der Waals surface area (Å²) in [6, 6.07) is 6.41. The lowest BCUT2D eigenvalue weighted by molar-refractivity contribution is 0.280. The molecule has 0 bridgehead atoms. The molecule has 1 N–H and O–H groups in total. The van der Waals surface area contributed by atoms with Gasteiger partial charge in [0.05, 0.1) is 10.7 Å². The summed E-state index contributed by atoms with van der Waals surface area (Å²) in [5.41, 5.74) is 1.90. The monoisotopic (exact) mass is 304 g/mol. The molecule has 3 rings (SSSR count). The van der Waals surface area contributed by atoms with Gasteiger partial charge in [0, 0.05) is 6.04 Å². The zero-order valence-corrected chi connectivity index (χ0v) is 13.2. The van der Waals surface area contributed by atoms with Crippen molar-refractivity contribution in [3.8, 4) is 5.69 Å². The first-order valence-corrected chi connectivity index (χ1v) is 7.93. The molecule has 0 aliphatic heterocycles. The second-order valence-corrected chi connectivity index (χ2v) is 6.53. The normalized spacial score (nSPS) is 25.8. The Balaban J connectivity index is 1.90. The van der Waals surface area contributed by atoms with Crippen LogP contribution in [0, 0.1) is 11.8 Å². The van der Waals surface area contributed by atoms with Crippen LogP contribution in [0.1, 0.15) is 33.1 Å². The summed E-state index contributed by atoms with van der Waals surface area (Å²) in [7, 11) is 0. The lowest BCUT2D eigenvalue weighted by Gasteiger charge is -2.34. The zero-order valence-electron chi connectivity index (χ0n) is 12.5. The van der Waals surface area contributed by atoms with Gasteiger partial charge in [-0.2, -0.15) is 5.10 Å². The lowest BCUT2D eigenvalue weighted by Crippen LogP contribution is -2.33.